The zero-order chi connectivity index (χ0) is 54.5. The second-order valence-corrected chi connectivity index (χ2v) is 24.8. The van der Waals surface area contributed by atoms with Crippen molar-refractivity contribution < 1.29 is 55.7 Å². The van der Waals surface area contributed by atoms with Gasteiger partial charge in [0.2, 0.25) is 5.88 Å². The van der Waals surface area contributed by atoms with E-state index in [4.69, 9.17) is 23.7 Å². The molecular weight excluding hydrogens is 1030 g/mol. The number of nitro benzene ring substituents is 1. The van der Waals surface area contributed by atoms with E-state index in [1.807, 2.05) is 36.9 Å². The highest BCUT2D eigenvalue weighted by molar-refractivity contribution is 7.90. The molecule has 7 aliphatic rings. The van der Waals surface area contributed by atoms with Gasteiger partial charge in [-0.3, -0.25) is 19.8 Å². The largest absolute Gasteiger partial charge is 0.491 e. The Morgan fingerprint density at radius 1 is 1.01 bits per heavy atom. The second kappa shape index (κ2) is 19.8. The molecule has 0 radical (unpaired) electrons. The van der Waals surface area contributed by atoms with Crippen molar-refractivity contribution in [3.05, 3.63) is 93.9 Å². The van der Waals surface area contributed by atoms with Crippen LogP contribution in [0.15, 0.2) is 71.8 Å². The van der Waals surface area contributed by atoms with Gasteiger partial charge >= 0.3 is 0 Å². The molecule has 0 unspecified atom stereocenters. The van der Waals surface area contributed by atoms with Gasteiger partial charge in [-0.2, -0.15) is 4.98 Å². The molecule has 0 bridgehead atoms. The van der Waals surface area contributed by atoms with Gasteiger partial charge in [-0.05, 0) is 121 Å². The van der Waals surface area contributed by atoms with Crippen LogP contribution in [0.5, 0.6) is 17.4 Å². The molecule has 22 heteroatoms. The van der Waals surface area contributed by atoms with Crippen LogP contribution < -0.4 is 34.0 Å². The fourth-order valence-electron chi connectivity index (χ4n) is 13.1. The van der Waals surface area contributed by atoms with Gasteiger partial charge in [0, 0.05) is 61.9 Å². The molecule has 5 aromatic rings. The lowest BCUT2D eigenvalue weighted by atomic mass is 9.59. The molecule has 7 heterocycles. The maximum atomic E-state index is 16.4. The van der Waals surface area contributed by atoms with Crippen LogP contribution in [0.3, 0.4) is 0 Å². The minimum atomic E-state index is -4.87. The highest BCUT2D eigenvalue weighted by Gasteiger charge is 2.52. The number of aromatic nitrogens is 2. The number of benzene rings is 3. The number of H-pyrrole nitrogens is 1. The first-order valence-corrected chi connectivity index (χ1v) is 28.7. The number of nitrogens with one attached hydrogen (secondary N) is 3. The SMILES string of the molecule is CC(C)Oc1ccccc1[C@@H]1CO[C@@H](C)CN1C1CC2(CCN(c3ccc(C(=O)NS(=O)(=O)c4cc5c(c([N+](=O)[O-])c4)N[C@H](C4(F)CCC(C)(O)CC4)CO5)c(N4c5cc6c(F)c[nH]c6nc5O[C@H]5COCC[C@@H]54)c3)CC2)C1. The number of hydrogen-bond acceptors (Lipinski definition) is 16. The van der Waals surface area contributed by atoms with Crippen molar-refractivity contribution in [2.75, 3.05) is 61.2 Å². The van der Waals surface area contributed by atoms with Gasteiger partial charge in [0.15, 0.2) is 11.4 Å². The average Bonchev–Trinajstić information content (AvgIpc) is 3.80. The zero-order valence-corrected chi connectivity index (χ0v) is 45.0. The Kier molecular flexibility index (Phi) is 13.3. The number of morpholine rings is 1. The van der Waals surface area contributed by atoms with Crippen LogP contribution in [-0.2, 0) is 19.5 Å². The number of carbonyl (C=O) groups excluding carboxylic acids is 1. The lowest BCUT2D eigenvalue weighted by molar-refractivity contribution is -0.384. The molecule has 78 heavy (non-hydrogen) atoms. The third kappa shape index (κ3) is 9.63. The molecule has 19 nitrogen and oxygen atoms in total. The van der Waals surface area contributed by atoms with Crippen LogP contribution in [0.4, 0.5) is 37.2 Å². The van der Waals surface area contributed by atoms with Gasteiger partial charge in [-0.15, -0.1) is 0 Å². The summed E-state index contributed by atoms with van der Waals surface area (Å²) in [6.45, 7) is 11.0. The summed E-state index contributed by atoms with van der Waals surface area (Å²) in [5, 5.41) is 26.2. The number of aliphatic hydroxyl groups is 1. The number of pyridine rings is 1. The quantitative estimate of drug-likeness (QED) is 0.0718. The summed E-state index contributed by atoms with van der Waals surface area (Å²) in [6, 6.07) is 16.0. The monoisotopic (exact) mass is 1100 g/mol. The normalized spacial score (nSPS) is 28.1. The fraction of sp³-hybridized carbons (Fsp3) is 0.536. The van der Waals surface area contributed by atoms with E-state index in [1.54, 1.807) is 25.1 Å². The molecule has 2 aromatic heterocycles. The van der Waals surface area contributed by atoms with Gasteiger partial charge in [-0.1, -0.05) is 18.2 Å². The number of carbonyl (C=O) groups is 1. The first-order valence-electron chi connectivity index (χ1n) is 27.2. The molecule has 3 aromatic carbocycles. The second-order valence-electron chi connectivity index (χ2n) is 23.2. The Hall–Kier alpha value is -6.33. The minimum Gasteiger partial charge on any atom is -0.491 e. The molecule has 2 aliphatic carbocycles. The van der Waals surface area contributed by atoms with E-state index in [9.17, 15) is 28.4 Å². The van der Waals surface area contributed by atoms with E-state index >= 15 is 8.78 Å². The van der Waals surface area contributed by atoms with Crippen LogP contribution in [-0.4, -0.2) is 133 Å². The van der Waals surface area contributed by atoms with Crippen LogP contribution in [0.2, 0.25) is 0 Å². The van der Waals surface area contributed by atoms with Crippen molar-refractivity contribution in [2.24, 2.45) is 5.41 Å². The number of anilines is 4. The molecule has 5 fully saturated rings. The number of fused-ring (bicyclic) bond motifs is 4. The highest BCUT2D eigenvalue weighted by atomic mass is 32.2. The maximum absolute atomic E-state index is 16.4. The van der Waals surface area contributed by atoms with Gasteiger partial charge in [0.05, 0.1) is 75.6 Å². The lowest BCUT2D eigenvalue weighted by Gasteiger charge is -2.58. The van der Waals surface area contributed by atoms with E-state index in [-0.39, 0.29) is 96.5 Å². The zero-order valence-electron chi connectivity index (χ0n) is 44.1. The smallest absolute Gasteiger partial charge is 0.297 e. The average molecular weight is 1100 g/mol. The van der Waals surface area contributed by atoms with Gasteiger partial charge in [-0.25, -0.2) is 21.9 Å². The number of alkyl halides is 1. The maximum Gasteiger partial charge on any atom is 0.297 e. The van der Waals surface area contributed by atoms with Crippen LogP contribution in [0.1, 0.15) is 107 Å². The van der Waals surface area contributed by atoms with Gasteiger partial charge in [0.25, 0.3) is 21.6 Å². The molecule has 2 saturated carbocycles. The number of ether oxygens (including phenoxy) is 5. The Bertz CT molecular complexity index is 3260. The number of aromatic amines is 1. The number of hydrogen-bond donors (Lipinski definition) is 4. The van der Waals surface area contributed by atoms with Crippen molar-refractivity contribution in [1.29, 1.82) is 0 Å². The third-order valence-corrected chi connectivity index (χ3v) is 18.8. The van der Waals surface area contributed by atoms with E-state index < -0.39 is 66.7 Å². The summed E-state index contributed by atoms with van der Waals surface area (Å²) in [5.41, 5.74) is -0.820. The number of nitro groups is 1. The van der Waals surface area contributed by atoms with Crippen molar-refractivity contribution in [1.82, 2.24) is 19.6 Å². The molecule has 5 atom stereocenters. The van der Waals surface area contributed by atoms with Crippen LogP contribution in [0, 0.1) is 21.3 Å². The first-order chi connectivity index (χ1) is 37.3. The summed E-state index contributed by atoms with van der Waals surface area (Å²) in [4.78, 5) is 40.3. The molecule has 1 amide bonds. The van der Waals surface area contributed by atoms with Crippen molar-refractivity contribution in [3.63, 3.8) is 0 Å². The molecule has 416 valence electrons. The van der Waals surface area contributed by atoms with Crippen molar-refractivity contribution in [3.8, 4) is 17.4 Å². The Labute approximate surface area is 451 Å². The number of nitrogens with zero attached hydrogens (tertiary/aromatic N) is 5. The lowest BCUT2D eigenvalue weighted by Crippen LogP contribution is -2.59. The summed E-state index contributed by atoms with van der Waals surface area (Å²) >= 11 is 0. The highest BCUT2D eigenvalue weighted by Crippen LogP contribution is 2.55. The van der Waals surface area contributed by atoms with Gasteiger partial charge in [0.1, 0.15) is 41.3 Å². The minimum absolute atomic E-state index is 0.0122. The predicted molar refractivity (Wildman–Crippen MR) is 286 cm³/mol. The number of piperidine rings is 1. The fourth-order valence-corrected chi connectivity index (χ4v) is 14.1. The number of halogens is 2. The number of rotatable bonds is 11. The molecule has 5 aliphatic heterocycles. The summed E-state index contributed by atoms with van der Waals surface area (Å²) in [6.07, 6.45) is 5.48. The first kappa shape index (κ1) is 52.4. The number of amides is 1. The number of sulfonamides is 1. The summed E-state index contributed by atoms with van der Waals surface area (Å²) in [7, 11) is -4.87. The third-order valence-electron chi connectivity index (χ3n) is 17.5. The molecule has 12 rings (SSSR count). The van der Waals surface area contributed by atoms with E-state index in [0.29, 0.717) is 37.1 Å². The van der Waals surface area contributed by atoms with Crippen molar-refractivity contribution >= 4 is 55.4 Å². The van der Waals surface area contributed by atoms with Gasteiger partial charge < -0.3 is 48.9 Å². The predicted octanol–water partition coefficient (Wildman–Crippen LogP) is 8.62. The Balaban J connectivity index is 0.837. The van der Waals surface area contributed by atoms with E-state index in [0.717, 1.165) is 74.5 Å². The Morgan fingerprint density at radius 3 is 2.54 bits per heavy atom. The van der Waals surface area contributed by atoms with Crippen LogP contribution in [0.25, 0.3) is 11.0 Å². The van der Waals surface area contributed by atoms with Crippen LogP contribution >= 0.6 is 0 Å². The number of para-hydroxylation sites is 1. The molecular formula is C56H66F2N8O11S. The van der Waals surface area contributed by atoms with E-state index in [1.165, 1.54) is 6.20 Å². The standard InChI is InChI=1S/C56H66F2N8O11S/c1-32(2)76-46-8-6-5-7-37(46)45-29-74-33(3)28-64(45)35-25-55(26-35)16-18-63(19-17-55)34-9-10-38(42(21-34)65-41-11-20-73-30-48(41)77-53-44(65)24-39-40(57)27-59-51(39)61-53)52(67)62-78(71,72)36-22-43(66(69)70)50-47(23-36)75-31-49(60-50)56(58)14-12-54(4,68)13-15-56/h5-10,21-24,27,32-33,35,41,45,48-49,60,68H,11-20,25-26,28-31H2,1-4H3,(H,59,61)(H,62,67)/t33-,41-,45-,48-,49-,54?,56?/m0/s1. The molecule has 1 spiro atoms. The summed E-state index contributed by atoms with van der Waals surface area (Å²) < 4.78 is 93.5. The van der Waals surface area contributed by atoms with E-state index in [2.05, 4.69) is 48.9 Å². The summed E-state index contributed by atoms with van der Waals surface area (Å²) in [5.74, 6) is -0.726. The molecule has 3 saturated heterocycles. The van der Waals surface area contributed by atoms with Crippen molar-refractivity contribution in [2.45, 2.75) is 144 Å². The topological polar surface area (TPSA) is 223 Å². The Morgan fingerprint density at radius 2 is 1.78 bits per heavy atom. The molecule has 4 N–H and O–H groups in total.